The third-order valence-electron chi connectivity index (χ3n) is 3.69. The number of aromatic nitrogens is 1. The first kappa shape index (κ1) is 15.1. The van der Waals surface area contributed by atoms with Gasteiger partial charge in [-0.1, -0.05) is 32.6 Å². The zero-order valence-electron chi connectivity index (χ0n) is 12.6. The molecule has 1 aliphatic heterocycles. The Bertz CT molecular complexity index is 360. The van der Waals surface area contributed by atoms with E-state index >= 15 is 0 Å². The summed E-state index contributed by atoms with van der Waals surface area (Å²) in [6, 6.07) is 4.23. The van der Waals surface area contributed by atoms with Gasteiger partial charge in [-0.15, -0.1) is 0 Å². The van der Waals surface area contributed by atoms with Gasteiger partial charge in [-0.2, -0.15) is 0 Å². The van der Waals surface area contributed by atoms with Crippen LogP contribution in [0.5, 0.6) is 0 Å². The van der Waals surface area contributed by atoms with Crippen LogP contribution in [0.15, 0.2) is 18.3 Å². The highest BCUT2D eigenvalue weighted by Crippen LogP contribution is 2.15. The SMILES string of the molecule is CCCCCCCNc1ccc(N2CCOCC2)nc1. The Kier molecular flexibility index (Phi) is 6.64. The molecule has 0 spiro atoms. The maximum Gasteiger partial charge on any atom is 0.128 e. The van der Waals surface area contributed by atoms with Crippen molar-refractivity contribution >= 4 is 11.5 Å². The summed E-state index contributed by atoms with van der Waals surface area (Å²) in [6.07, 6.45) is 8.52. The van der Waals surface area contributed by atoms with Crippen molar-refractivity contribution in [3.8, 4) is 0 Å². The molecule has 0 radical (unpaired) electrons. The molecular weight excluding hydrogens is 250 g/mol. The molecule has 0 saturated carbocycles. The van der Waals surface area contributed by atoms with Crippen LogP contribution >= 0.6 is 0 Å². The molecule has 112 valence electrons. The molecule has 2 rings (SSSR count). The van der Waals surface area contributed by atoms with Crippen LogP contribution in [0.4, 0.5) is 11.5 Å². The van der Waals surface area contributed by atoms with E-state index in [0.717, 1.165) is 44.4 Å². The van der Waals surface area contributed by atoms with Gasteiger partial charge in [0, 0.05) is 19.6 Å². The highest BCUT2D eigenvalue weighted by molar-refractivity contribution is 5.48. The van der Waals surface area contributed by atoms with E-state index in [2.05, 4.69) is 34.3 Å². The number of rotatable bonds is 8. The summed E-state index contributed by atoms with van der Waals surface area (Å²) in [5.41, 5.74) is 1.12. The van der Waals surface area contributed by atoms with Crippen LogP contribution < -0.4 is 10.2 Å². The molecule has 2 heterocycles. The Hall–Kier alpha value is -1.29. The fraction of sp³-hybridized carbons (Fsp3) is 0.688. The minimum atomic E-state index is 0.805. The topological polar surface area (TPSA) is 37.4 Å². The fourth-order valence-electron chi connectivity index (χ4n) is 2.43. The van der Waals surface area contributed by atoms with E-state index in [0.29, 0.717) is 0 Å². The first-order valence-corrected chi connectivity index (χ1v) is 7.93. The summed E-state index contributed by atoms with van der Waals surface area (Å²) in [4.78, 5) is 6.81. The predicted molar refractivity (Wildman–Crippen MR) is 84.5 cm³/mol. The number of morpholine rings is 1. The van der Waals surface area contributed by atoms with E-state index in [9.17, 15) is 0 Å². The Morgan fingerprint density at radius 3 is 2.65 bits per heavy atom. The second kappa shape index (κ2) is 8.80. The largest absolute Gasteiger partial charge is 0.384 e. The Balaban J connectivity index is 1.68. The Morgan fingerprint density at radius 2 is 1.95 bits per heavy atom. The van der Waals surface area contributed by atoms with Gasteiger partial charge in [0.15, 0.2) is 0 Å². The molecule has 1 saturated heterocycles. The number of pyridine rings is 1. The molecule has 0 unspecified atom stereocenters. The molecule has 0 aliphatic carbocycles. The molecule has 20 heavy (non-hydrogen) atoms. The molecular formula is C16H27N3O. The quantitative estimate of drug-likeness (QED) is 0.740. The van der Waals surface area contributed by atoms with E-state index in [1.54, 1.807) is 0 Å². The smallest absolute Gasteiger partial charge is 0.128 e. The monoisotopic (exact) mass is 277 g/mol. The maximum atomic E-state index is 5.36. The third kappa shape index (κ3) is 5.00. The van der Waals surface area contributed by atoms with Crippen LogP contribution in [0.2, 0.25) is 0 Å². The van der Waals surface area contributed by atoms with Crippen molar-refractivity contribution in [2.45, 2.75) is 39.0 Å². The second-order valence-corrected chi connectivity index (χ2v) is 5.35. The molecule has 1 aromatic heterocycles. The lowest BCUT2D eigenvalue weighted by Gasteiger charge is -2.27. The molecule has 0 atom stereocenters. The molecule has 1 aromatic rings. The van der Waals surface area contributed by atoms with Crippen molar-refractivity contribution in [3.63, 3.8) is 0 Å². The first-order chi connectivity index (χ1) is 9.90. The van der Waals surface area contributed by atoms with E-state index < -0.39 is 0 Å². The van der Waals surface area contributed by atoms with E-state index in [4.69, 9.17) is 4.74 Å². The molecule has 0 bridgehead atoms. The van der Waals surface area contributed by atoms with Crippen molar-refractivity contribution in [1.82, 2.24) is 4.98 Å². The Morgan fingerprint density at radius 1 is 1.15 bits per heavy atom. The van der Waals surface area contributed by atoms with E-state index in [1.165, 1.54) is 32.1 Å². The lowest BCUT2D eigenvalue weighted by Crippen LogP contribution is -2.36. The normalized spacial score (nSPS) is 15.3. The fourth-order valence-corrected chi connectivity index (χ4v) is 2.43. The molecule has 1 aliphatic rings. The van der Waals surface area contributed by atoms with Crippen LogP contribution in [0.1, 0.15) is 39.0 Å². The summed E-state index contributed by atoms with van der Waals surface area (Å²) in [7, 11) is 0. The van der Waals surface area contributed by atoms with Gasteiger partial charge in [0.25, 0.3) is 0 Å². The summed E-state index contributed by atoms with van der Waals surface area (Å²) < 4.78 is 5.36. The lowest BCUT2D eigenvalue weighted by atomic mass is 10.1. The predicted octanol–water partition coefficient (Wildman–Crippen LogP) is 3.30. The lowest BCUT2D eigenvalue weighted by molar-refractivity contribution is 0.122. The summed E-state index contributed by atoms with van der Waals surface area (Å²) in [6.45, 7) is 6.79. The van der Waals surface area contributed by atoms with Crippen molar-refractivity contribution in [1.29, 1.82) is 0 Å². The number of anilines is 2. The van der Waals surface area contributed by atoms with Gasteiger partial charge >= 0.3 is 0 Å². The second-order valence-electron chi connectivity index (χ2n) is 5.35. The number of nitrogens with zero attached hydrogens (tertiary/aromatic N) is 2. The van der Waals surface area contributed by atoms with Crippen LogP contribution in [0.25, 0.3) is 0 Å². The zero-order valence-corrected chi connectivity index (χ0v) is 12.6. The summed E-state index contributed by atoms with van der Waals surface area (Å²) >= 11 is 0. The van der Waals surface area contributed by atoms with Crippen LogP contribution in [0.3, 0.4) is 0 Å². The highest BCUT2D eigenvalue weighted by Gasteiger charge is 2.11. The van der Waals surface area contributed by atoms with Crippen molar-refractivity contribution < 1.29 is 4.74 Å². The van der Waals surface area contributed by atoms with Gasteiger partial charge in [-0.25, -0.2) is 4.98 Å². The number of nitrogens with one attached hydrogen (secondary N) is 1. The zero-order chi connectivity index (χ0) is 14.0. The molecule has 0 amide bonds. The first-order valence-electron chi connectivity index (χ1n) is 7.93. The van der Waals surface area contributed by atoms with Gasteiger partial charge in [-0.3, -0.25) is 0 Å². The summed E-state index contributed by atoms with van der Waals surface area (Å²) in [5.74, 6) is 1.06. The van der Waals surface area contributed by atoms with Gasteiger partial charge in [-0.05, 0) is 18.6 Å². The average Bonchev–Trinajstić information content (AvgIpc) is 2.52. The molecule has 0 aromatic carbocycles. The van der Waals surface area contributed by atoms with Gasteiger partial charge < -0.3 is 15.0 Å². The van der Waals surface area contributed by atoms with Crippen molar-refractivity contribution in [2.24, 2.45) is 0 Å². The maximum absolute atomic E-state index is 5.36. The third-order valence-corrected chi connectivity index (χ3v) is 3.69. The van der Waals surface area contributed by atoms with Crippen molar-refractivity contribution in [2.75, 3.05) is 43.1 Å². The van der Waals surface area contributed by atoms with Gasteiger partial charge in [0.2, 0.25) is 0 Å². The molecule has 1 fully saturated rings. The van der Waals surface area contributed by atoms with E-state index in [-0.39, 0.29) is 0 Å². The standard InChI is InChI=1S/C16H27N3O/c1-2-3-4-5-6-9-17-15-7-8-16(18-14-15)19-10-12-20-13-11-19/h7-8,14,17H,2-6,9-13H2,1H3. The number of hydrogen-bond donors (Lipinski definition) is 1. The minimum Gasteiger partial charge on any atom is -0.384 e. The highest BCUT2D eigenvalue weighted by atomic mass is 16.5. The van der Waals surface area contributed by atoms with Crippen LogP contribution in [-0.2, 0) is 4.74 Å². The van der Waals surface area contributed by atoms with Gasteiger partial charge in [0.1, 0.15) is 5.82 Å². The molecule has 1 N–H and O–H groups in total. The number of unbranched alkanes of at least 4 members (excludes halogenated alkanes) is 4. The number of ether oxygens (including phenoxy) is 1. The average molecular weight is 277 g/mol. The van der Waals surface area contributed by atoms with Crippen molar-refractivity contribution in [3.05, 3.63) is 18.3 Å². The van der Waals surface area contributed by atoms with Crippen LogP contribution in [-0.4, -0.2) is 37.8 Å². The van der Waals surface area contributed by atoms with E-state index in [1.807, 2.05) is 6.20 Å². The van der Waals surface area contributed by atoms with Gasteiger partial charge in [0.05, 0.1) is 25.1 Å². The molecule has 4 nitrogen and oxygen atoms in total. The van der Waals surface area contributed by atoms with Crippen LogP contribution in [0, 0.1) is 0 Å². The summed E-state index contributed by atoms with van der Waals surface area (Å²) in [5, 5.41) is 3.45. The Labute approximate surface area is 122 Å². The molecule has 4 heteroatoms. The number of hydrogen-bond acceptors (Lipinski definition) is 4. The minimum absolute atomic E-state index is 0.805.